The molecule has 0 spiro atoms. The van der Waals surface area contributed by atoms with E-state index < -0.39 is 17.7 Å². The van der Waals surface area contributed by atoms with Crippen molar-refractivity contribution in [1.29, 1.82) is 0 Å². The van der Waals surface area contributed by atoms with Gasteiger partial charge >= 0.3 is 6.18 Å². The lowest BCUT2D eigenvalue weighted by molar-refractivity contribution is -0.242. The summed E-state index contributed by atoms with van der Waals surface area (Å²) in [7, 11) is 0. The molecule has 0 radical (unpaired) electrons. The molecular weight excluding hydrogens is 623 g/mol. The fourth-order valence-corrected chi connectivity index (χ4v) is 4.42. The Labute approximate surface area is 223 Å². The van der Waals surface area contributed by atoms with Crippen LogP contribution in [0.1, 0.15) is 12.5 Å². The summed E-state index contributed by atoms with van der Waals surface area (Å²) in [6, 6.07) is 17.8. The Morgan fingerprint density at radius 1 is 1.06 bits per heavy atom. The van der Waals surface area contributed by atoms with Crippen LogP contribution in [0.15, 0.2) is 70.5 Å². The second-order valence-electron chi connectivity index (χ2n) is 7.20. The number of rotatable bonds is 4. The third-order valence-electron chi connectivity index (χ3n) is 4.47. The number of nitrogen functional groups attached to an aromatic ring is 1. The van der Waals surface area contributed by atoms with Crippen molar-refractivity contribution < 1.29 is 23.1 Å². The molecule has 182 valence electrons. The van der Waals surface area contributed by atoms with Gasteiger partial charge in [0.05, 0.1) is 21.4 Å². The summed E-state index contributed by atoms with van der Waals surface area (Å²) in [4.78, 5) is 13.5. The molecule has 4 nitrogen and oxygen atoms in total. The molecule has 0 aromatic heterocycles. The van der Waals surface area contributed by atoms with E-state index in [2.05, 4.69) is 22.6 Å². The third-order valence-corrected chi connectivity index (χ3v) is 6.95. The van der Waals surface area contributed by atoms with Gasteiger partial charge in [-0.05, 0) is 84.5 Å². The molecule has 0 aliphatic heterocycles. The Morgan fingerprint density at radius 2 is 1.71 bits per heavy atom. The Balaban J connectivity index is 0.000000379. The van der Waals surface area contributed by atoms with Crippen molar-refractivity contribution in [3.63, 3.8) is 0 Å². The Kier molecular flexibility index (Phi) is 9.96. The number of amides is 1. The molecule has 0 bridgehead atoms. The largest absolute Gasteiger partial charge is 0.426 e. The van der Waals surface area contributed by atoms with Crippen molar-refractivity contribution in [2.24, 2.45) is 0 Å². The van der Waals surface area contributed by atoms with Crippen LogP contribution in [0.2, 0.25) is 10.0 Å². The summed E-state index contributed by atoms with van der Waals surface area (Å²) in [6.07, 6.45) is -5.09. The van der Waals surface area contributed by atoms with E-state index >= 15 is 0 Å². The number of anilines is 2. The quantitative estimate of drug-likeness (QED) is 0.203. The Bertz CT molecular complexity index is 1180. The van der Waals surface area contributed by atoms with Crippen molar-refractivity contribution in [2.45, 2.75) is 35.4 Å². The molecule has 4 N–H and O–H groups in total. The lowest BCUT2D eigenvalue weighted by Crippen LogP contribution is -2.52. The van der Waals surface area contributed by atoms with E-state index in [1.54, 1.807) is 12.1 Å². The van der Waals surface area contributed by atoms with Gasteiger partial charge in [0, 0.05) is 13.4 Å². The van der Waals surface area contributed by atoms with Gasteiger partial charge in [0.15, 0.2) is 0 Å². The highest BCUT2D eigenvalue weighted by Gasteiger charge is 2.55. The van der Waals surface area contributed by atoms with Crippen LogP contribution in [-0.2, 0) is 4.79 Å². The van der Waals surface area contributed by atoms with Crippen molar-refractivity contribution in [1.82, 2.24) is 0 Å². The van der Waals surface area contributed by atoms with E-state index in [1.807, 2.05) is 48.6 Å². The van der Waals surface area contributed by atoms with Crippen LogP contribution in [0, 0.1) is 10.5 Å². The van der Waals surface area contributed by atoms with Crippen LogP contribution < -0.4 is 11.1 Å². The van der Waals surface area contributed by atoms with Crippen molar-refractivity contribution in [3.8, 4) is 0 Å². The average molecular weight is 643 g/mol. The van der Waals surface area contributed by atoms with Crippen molar-refractivity contribution in [2.75, 3.05) is 11.1 Å². The first-order valence-corrected chi connectivity index (χ1v) is 12.2. The molecule has 1 atom stereocenters. The average Bonchev–Trinajstić information content (AvgIpc) is 2.74. The molecule has 0 aliphatic carbocycles. The standard InChI is InChI=1S/C17H15ClF3NO2S.C6H5ClIN/c1-10-5-3-4-6-14(10)25-11-7-8-13(12(18)9-11)22-15(23)16(2,24)17(19,20)21;7-5-3-4(8)1-2-6(5)9/h3-9,24H,1-2H3,(H,22,23);1-3H,9H2/t16-;/m1./s1. The lowest BCUT2D eigenvalue weighted by atomic mass is 10.1. The van der Waals surface area contributed by atoms with E-state index in [0.29, 0.717) is 17.6 Å². The van der Waals surface area contributed by atoms with Gasteiger partial charge in [0.2, 0.25) is 5.60 Å². The van der Waals surface area contributed by atoms with Crippen LogP contribution in [0.25, 0.3) is 0 Å². The van der Waals surface area contributed by atoms with Crippen LogP contribution in [0.4, 0.5) is 24.5 Å². The van der Waals surface area contributed by atoms with Crippen molar-refractivity contribution in [3.05, 3.63) is 79.8 Å². The van der Waals surface area contributed by atoms with Gasteiger partial charge in [0.1, 0.15) is 0 Å². The number of aliphatic hydroxyl groups is 1. The Hall–Kier alpha value is -1.66. The van der Waals surface area contributed by atoms with E-state index in [4.69, 9.17) is 28.9 Å². The van der Waals surface area contributed by atoms with E-state index in [-0.39, 0.29) is 10.7 Å². The zero-order valence-corrected chi connectivity index (χ0v) is 22.4. The molecule has 11 heteroatoms. The van der Waals surface area contributed by atoms with Gasteiger partial charge in [-0.25, -0.2) is 0 Å². The maximum absolute atomic E-state index is 12.7. The predicted octanol–water partition coefficient (Wildman–Crippen LogP) is 7.58. The number of alkyl halides is 3. The smallest absolute Gasteiger partial charge is 0.398 e. The number of benzene rings is 3. The summed E-state index contributed by atoms with van der Waals surface area (Å²) < 4.78 is 39.2. The predicted molar refractivity (Wildman–Crippen MR) is 141 cm³/mol. The highest BCUT2D eigenvalue weighted by Crippen LogP contribution is 2.36. The van der Waals surface area contributed by atoms with Gasteiger partial charge in [0.25, 0.3) is 5.91 Å². The third kappa shape index (κ3) is 7.67. The molecule has 3 rings (SSSR count). The highest BCUT2D eigenvalue weighted by atomic mass is 127. The maximum atomic E-state index is 12.7. The number of carbonyl (C=O) groups is 1. The minimum atomic E-state index is -5.09. The number of aryl methyl sites for hydroxylation is 1. The minimum absolute atomic E-state index is 0.00896. The van der Waals surface area contributed by atoms with Crippen LogP contribution >= 0.6 is 57.6 Å². The van der Waals surface area contributed by atoms with Crippen LogP contribution in [0.5, 0.6) is 0 Å². The first kappa shape index (κ1) is 28.6. The number of nitrogens with one attached hydrogen (secondary N) is 1. The van der Waals surface area contributed by atoms with Gasteiger partial charge in [-0.2, -0.15) is 13.2 Å². The minimum Gasteiger partial charge on any atom is -0.398 e. The molecule has 3 aromatic carbocycles. The zero-order chi connectivity index (χ0) is 25.7. The van der Waals surface area contributed by atoms with Crippen molar-refractivity contribution >= 4 is 74.8 Å². The summed E-state index contributed by atoms with van der Waals surface area (Å²) in [5, 5.41) is 12.1. The number of hydrogen-bond donors (Lipinski definition) is 3. The molecule has 0 saturated heterocycles. The second-order valence-corrected chi connectivity index (χ2v) is 10.4. The fraction of sp³-hybridized carbons (Fsp3) is 0.174. The molecule has 0 heterocycles. The first-order valence-electron chi connectivity index (χ1n) is 9.56. The van der Waals surface area contributed by atoms with Crippen LogP contribution in [0.3, 0.4) is 0 Å². The molecular formula is C23H20Cl2F3IN2O2S. The second kappa shape index (κ2) is 11.9. The summed E-state index contributed by atoms with van der Waals surface area (Å²) in [5.74, 6) is -1.60. The van der Waals surface area contributed by atoms with Gasteiger partial charge in [-0.1, -0.05) is 53.2 Å². The lowest BCUT2D eigenvalue weighted by Gasteiger charge is -2.25. The molecule has 0 aliphatic rings. The molecule has 1 amide bonds. The highest BCUT2D eigenvalue weighted by molar-refractivity contribution is 14.1. The van der Waals surface area contributed by atoms with Gasteiger partial charge in [-0.15, -0.1) is 0 Å². The van der Waals surface area contributed by atoms with Gasteiger partial charge < -0.3 is 16.2 Å². The Morgan fingerprint density at radius 3 is 2.24 bits per heavy atom. The molecule has 0 saturated carbocycles. The molecule has 3 aromatic rings. The first-order chi connectivity index (χ1) is 15.7. The monoisotopic (exact) mass is 642 g/mol. The molecule has 0 fully saturated rings. The number of hydrogen-bond acceptors (Lipinski definition) is 4. The maximum Gasteiger partial charge on any atom is 0.426 e. The summed E-state index contributed by atoms with van der Waals surface area (Å²) >= 11 is 15.4. The zero-order valence-electron chi connectivity index (χ0n) is 17.9. The number of carbonyl (C=O) groups excluding carboxylic acids is 1. The van der Waals surface area contributed by atoms with E-state index in [9.17, 15) is 23.1 Å². The molecule has 0 unspecified atom stereocenters. The summed E-state index contributed by atoms with van der Waals surface area (Å²) in [6.45, 7) is 2.34. The fourth-order valence-electron chi connectivity index (χ4n) is 2.33. The number of halogens is 6. The van der Waals surface area contributed by atoms with Gasteiger partial charge in [-0.3, -0.25) is 4.79 Å². The summed E-state index contributed by atoms with van der Waals surface area (Å²) in [5.41, 5.74) is 3.64. The van der Waals surface area contributed by atoms with E-state index in [0.717, 1.165) is 18.9 Å². The van der Waals surface area contributed by atoms with Crippen LogP contribution in [-0.4, -0.2) is 22.8 Å². The van der Waals surface area contributed by atoms with E-state index in [1.165, 1.54) is 23.9 Å². The normalized spacial score (nSPS) is 12.9. The number of nitrogens with two attached hydrogens (primary N) is 1. The SMILES string of the molecule is Cc1ccccc1Sc1ccc(NC(=O)[C@@](C)(O)C(F)(F)F)c(Cl)c1.Nc1ccc(I)cc1Cl. The molecule has 34 heavy (non-hydrogen) atoms. The topological polar surface area (TPSA) is 75.3 Å².